The van der Waals surface area contributed by atoms with Gasteiger partial charge >= 0.3 is 0 Å². The summed E-state index contributed by atoms with van der Waals surface area (Å²) in [6, 6.07) is 4.57. The van der Waals surface area contributed by atoms with Crippen molar-refractivity contribution in [1.29, 1.82) is 0 Å². The number of rotatable bonds is 7. The van der Waals surface area contributed by atoms with Gasteiger partial charge in [-0.1, -0.05) is 0 Å². The molecule has 0 unspecified atom stereocenters. The van der Waals surface area contributed by atoms with Gasteiger partial charge in [0.2, 0.25) is 0 Å². The number of aryl methyl sites for hydroxylation is 1. The van der Waals surface area contributed by atoms with E-state index >= 15 is 0 Å². The minimum Gasteiger partial charge on any atom is -0.396 e. The summed E-state index contributed by atoms with van der Waals surface area (Å²) in [5.41, 5.74) is 6.20. The average molecular weight is 293 g/mol. The fourth-order valence-corrected chi connectivity index (χ4v) is 1.91. The van der Waals surface area contributed by atoms with Gasteiger partial charge in [0.1, 0.15) is 5.82 Å². The van der Waals surface area contributed by atoms with E-state index in [4.69, 9.17) is 10.5 Å². The highest BCUT2D eigenvalue weighted by atomic mass is 19.1. The Morgan fingerprint density at radius 2 is 2.14 bits per heavy atom. The summed E-state index contributed by atoms with van der Waals surface area (Å²) in [5.74, 6) is 0.0751. The molecule has 0 aliphatic rings. The van der Waals surface area contributed by atoms with Gasteiger partial charge in [0.25, 0.3) is 0 Å². The predicted molar refractivity (Wildman–Crippen MR) is 77.9 cm³/mol. The molecule has 1 heterocycles. The van der Waals surface area contributed by atoms with E-state index in [-0.39, 0.29) is 11.8 Å². The van der Waals surface area contributed by atoms with E-state index in [1.54, 1.807) is 10.7 Å². The zero-order valence-electron chi connectivity index (χ0n) is 12.3. The van der Waals surface area contributed by atoms with Gasteiger partial charge in [-0.15, -0.1) is 5.10 Å². The second-order valence-corrected chi connectivity index (χ2v) is 5.09. The van der Waals surface area contributed by atoms with Gasteiger partial charge in [0.05, 0.1) is 11.8 Å². The molecule has 7 heteroatoms. The van der Waals surface area contributed by atoms with E-state index in [2.05, 4.69) is 15.5 Å². The number of halogens is 1. The highest BCUT2D eigenvalue weighted by molar-refractivity contribution is 5.58. The Labute approximate surface area is 123 Å². The zero-order valence-corrected chi connectivity index (χ0v) is 12.3. The molecule has 6 nitrogen and oxygen atoms in total. The van der Waals surface area contributed by atoms with Crippen LogP contribution in [0.5, 0.6) is 0 Å². The van der Waals surface area contributed by atoms with Crippen LogP contribution in [0.4, 0.5) is 10.1 Å². The summed E-state index contributed by atoms with van der Waals surface area (Å²) in [6.45, 7) is 5.39. The number of unbranched alkanes of at least 4 members (excludes halogenated alkanes) is 1. The zero-order chi connectivity index (χ0) is 15.2. The van der Waals surface area contributed by atoms with Crippen LogP contribution in [0.2, 0.25) is 0 Å². The Morgan fingerprint density at radius 3 is 2.86 bits per heavy atom. The summed E-state index contributed by atoms with van der Waals surface area (Å²) in [6.07, 6.45) is 2.06. The van der Waals surface area contributed by atoms with Crippen LogP contribution in [-0.2, 0) is 11.3 Å². The average Bonchev–Trinajstić information content (AvgIpc) is 2.89. The Kier molecular flexibility index (Phi) is 5.21. The van der Waals surface area contributed by atoms with Gasteiger partial charge in [0, 0.05) is 18.7 Å². The molecule has 0 spiro atoms. The Morgan fingerprint density at radius 1 is 1.33 bits per heavy atom. The largest absolute Gasteiger partial charge is 0.396 e. The van der Waals surface area contributed by atoms with Crippen molar-refractivity contribution in [2.24, 2.45) is 0 Å². The van der Waals surface area contributed by atoms with Gasteiger partial charge < -0.3 is 10.5 Å². The van der Waals surface area contributed by atoms with E-state index in [1.807, 2.05) is 13.8 Å². The molecule has 114 valence electrons. The molecule has 2 rings (SSSR count). The summed E-state index contributed by atoms with van der Waals surface area (Å²) in [4.78, 5) is 0. The van der Waals surface area contributed by atoms with Gasteiger partial charge in [0.15, 0.2) is 5.82 Å². The van der Waals surface area contributed by atoms with Crippen LogP contribution in [0.1, 0.15) is 26.7 Å². The van der Waals surface area contributed by atoms with Crippen molar-refractivity contribution in [2.75, 3.05) is 12.3 Å². The van der Waals surface area contributed by atoms with E-state index < -0.39 is 5.82 Å². The minimum atomic E-state index is -0.465. The number of hydrogen-bond acceptors (Lipinski definition) is 5. The molecule has 0 atom stereocenters. The molecule has 0 aliphatic heterocycles. The van der Waals surface area contributed by atoms with Crippen LogP contribution in [-0.4, -0.2) is 32.9 Å². The van der Waals surface area contributed by atoms with Crippen LogP contribution in [0.25, 0.3) is 11.4 Å². The molecule has 0 radical (unpaired) electrons. The first-order valence-electron chi connectivity index (χ1n) is 7.01. The number of nitrogen functional groups attached to an aromatic ring is 1. The molecule has 0 fully saturated rings. The standard InChI is InChI=1S/C14H20FN5O/c1-10(2)21-8-4-3-7-20-14(17-18-19-20)11-5-6-13(16)12(15)9-11/h5-6,9-10H,3-4,7-8,16H2,1-2H3. The number of nitrogens with two attached hydrogens (primary N) is 1. The Balaban J connectivity index is 1.96. The number of ether oxygens (including phenoxy) is 1. The molecule has 21 heavy (non-hydrogen) atoms. The van der Waals surface area contributed by atoms with Crippen LogP contribution in [0, 0.1) is 5.82 Å². The van der Waals surface area contributed by atoms with Crippen molar-refractivity contribution in [3.8, 4) is 11.4 Å². The maximum Gasteiger partial charge on any atom is 0.182 e. The molecule has 0 bridgehead atoms. The van der Waals surface area contributed by atoms with Gasteiger partial charge in [-0.3, -0.25) is 0 Å². The summed E-state index contributed by atoms with van der Waals surface area (Å²) < 4.78 is 20.7. The molecule has 1 aromatic heterocycles. The minimum absolute atomic E-state index is 0.114. The second-order valence-electron chi connectivity index (χ2n) is 5.09. The molecule has 2 aromatic rings. The molecular weight excluding hydrogens is 273 g/mol. The van der Waals surface area contributed by atoms with Gasteiger partial charge in [-0.2, -0.15) is 0 Å². The lowest BCUT2D eigenvalue weighted by Crippen LogP contribution is -2.07. The molecule has 2 N–H and O–H groups in total. The van der Waals surface area contributed by atoms with Crippen molar-refractivity contribution in [2.45, 2.75) is 39.3 Å². The van der Waals surface area contributed by atoms with Gasteiger partial charge in [-0.25, -0.2) is 9.07 Å². The molecule has 0 saturated heterocycles. The second kappa shape index (κ2) is 7.12. The van der Waals surface area contributed by atoms with Crippen molar-refractivity contribution in [3.05, 3.63) is 24.0 Å². The van der Waals surface area contributed by atoms with E-state index in [0.29, 0.717) is 24.5 Å². The predicted octanol–water partition coefficient (Wildman–Crippen LogP) is 2.27. The first kappa shape index (κ1) is 15.4. The van der Waals surface area contributed by atoms with Crippen molar-refractivity contribution in [1.82, 2.24) is 20.2 Å². The van der Waals surface area contributed by atoms with Crippen molar-refractivity contribution in [3.63, 3.8) is 0 Å². The van der Waals surface area contributed by atoms with Crippen molar-refractivity contribution >= 4 is 5.69 Å². The Hall–Kier alpha value is -2.02. The lowest BCUT2D eigenvalue weighted by molar-refractivity contribution is 0.0753. The third-order valence-corrected chi connectivity index (χ3v) is 3.01. The Bertz CT molecular complexity index is 584. The number of anilines is 1. The number of hydrogen-bond donors (Lipinski definition) is 1. The monoisotopic (exact) mass is 293 g/mol. The third-order valence-electron chi connectivity index (χ3n) is 3.01. The quantitative estimate of drug-likeness (QED) is 0.626. The first-order valence-corrected chi connectivity index (χ1v) is 7.01. The maximum absolute atomic E-state index is 13.5. The smallest absolute Gasteiger partial charge is 0.182 e. The first-order chi connectivity index (χ1) is 10.1. The maximum atomic E-state index is 13.5. The topological polar surface area (TPSA) is 78.8 Å². The normalized spacial score (nSPS) is 11.2. The van der Waals surface area contributed by atoms with Gasteiger partial charge in [-0.05, 0) is 55.3 Å². The fraction of sp³-hybridized carbons (Fsp3) is 0.500. The third kappa shape index (κ3) is 4.22. The fourth-order valence-electron chi connectivity index (χ4n) is 1.91. The highest BCUT2D eigenvalue weighted by Gasteiger charge is 2.10. The van der Waals surface area contributed by atoms with Crippen LogP contribution < -0.4 is 5.73 Å². The highest BCUT2D eigenvalue weighted by Crippen LogP contribution is 2.20. The molecule has 0 saturated carbocycles. The number of aromatic nitrogens is 4. The number of nitrogens with zero attached hydrogens (tertiary/aromatic N) is 4. The van der Waals surface area contributed by atoms with Crippen LogP contribution in [0.3, 0.4) is 0 Å². The van der Waals surface area contributed by atoms with E-state index in [9.17, 15) is 4.39 Å². The number of benzene rings is 1. The summed E-state index contributed by atoms with van der Waals surface area (Å²) in [7, 11) is 0. The van der Waals surface area contributed by atoms with E-state index in [0.717, 1.165) is 12.8 Å². The summed E-state index contributed by atoms with van der Waals surface area (Å²) in [5, 5.41) is 11.5. The number of tetrazole rings is 1. The lowest BCUT2D eigenvalue weighted by atomic mass is 10.2. The van der Waals surface area contributed by atoms with E-state index in [1.165, 1.54) is 12.1 Å². The molecular formula is C14H20FN5O. The summed E-state index contributed by atoms with van der Waals surface area (Å²) >= 11 is 0. The molecule has 1 aromatic carbocycles. The lowest BCUT2D eigenvalue weighted by Gasteiger charge is -2.08. The molecule has 0 aliphatic carbocycles. The van der Waals surface area contributed by atoms with Crippen LogP contribution >= 0.6 is 0 Å². The van der Waals surface area contributed by atoms with Crippen LogP contribution in [0.15, 0.2) is 18.2 Å². The molecule has 0 amide bonds. The SMILES string of the molecule is CC(C)OCCCCn1nnnc1-c1ccc(N)c(F)c1. The van der Waals surface area contributed by atoms with Crippen molar-refractivity contribution < 1.29 is 9.13 Å².